The number of carbonyl (C=O) groups is 1. The molecule has 0 bridgehead atoms. The Morgan fingerprint density at radius 1 is 1.17 bits per heavy atom. The minimum atomic E-state index is -0.702. The van der Waals surface area contributed by atoms with E-state index >= 15 is 0 Å². The van der Waals surface area contributed by atoms with Gasteiger partial charge in [-0.3, -0.25) is 0 Å². The molecule has 1 N–H and O–H groups in total. The first-order chi connectivity index (χ1) is 8.45. The molecular weight excluding hydrogens is 224 g/mol. The topological polar surface area (TPSA) is 37.3 Å². The van der Waals surface area contributed by atoms with E-state index in [9.17, 15) is 9.90 Å². The first-order valence-electron chi connectivity index (χ1n) is 6.37. The lowest BCUT2D eigenvalue weighted by Crippen LogP contribution is -2.19. The van der Waals surface area contributed by atoms with Crippen LogP contribution >= 0.6 is 0 Å². The highest BCUT2D eigenvalue weighted by atomic mass is 16.3. The average molecular weight is 246 g/mol. The highest BCUT2D eigenvalue weighted by molar-refractivity contribution is 5.59. The Balaban J connectivity index is 2.85. The molecule has 0 fully saturated rings. The number of benzene rings is 1. The van der Waals surface area contributed by atoms with E-state index in [-0.39, 0.29) is 5.92 Å². The van der Waals surface area contributed by atoms with Crippen LogP contribution < -0.4 is 0 Å². The maximum Gasteiger partial charge on any atom is 0.125 e. The molecule has 2 atom stereocenters. The van der Waals surface area contributed by atoms with Crippen molar-refractivity contribution in [2.45, 2.75) is 39.7 Å². The zero-order valence-corrected chi connectivity index (χ0v) is 11.6. The van der Waals surface area contributed by atoms with E-state index in [1.807, 2.05) is 25.1 Å². The van der Waals surface area contributed by atoms with Crippen molar-refractivity contribution in [3.05, 3.63) is 41.0 Å². The Labute approximate surface area is 109 Å². The largest absolute Gasteiger partial charge is 0.388 e. The van der Waals surface area contributed by atoms with Gasteiger partial charge in [-0.25, -0.2) is 0 Å². The third kappa shape index (κ3) is 3.81. The zero-order chi connectivity index (χ0) is 13.7. The number of hydrogen-bond acceptors (Lipinski definition) is 2. The van der Waals surface area contributed by atoms with Crippen LogP contribution in [0.25, 0.3) is 6.08 Å². The van der Waals surface area contributed by atoms with Gasteiger partial charge in [0.1, 0.15) is 6.29 Å². The lowest BCUT2D eigenvalue weighted by Gasteiger charge is -2.14. The van der Waals surface area contributed by atoms with Gasteiger partial charge in [0.15, 0.2) is 0 Å². The van der Waals surface area contributed by atoms with Gasteiger partial charge in [-0.15, -0.1) is 0 Å². The summed E-state index contributed by atoms with van der Waals surface area (Å²) >= 11 is 0. The van der Waals surface area contributed by atoms with Gasteiger partial charge in [0.25, 0.3) is 0 Å². The normalized spacial score (nSPS) is 15.6. The molecule has 18 heavy (non-hydrogen) atoms. The fourth-order valence-corrected chi connectivity index (χ4v) is 1.81. The molecule has 1 aromatic rings. The number of rotatable bonds is 5. The Kier molecular flexibility index (Phi) is 5.29. The molecule has 0 heterocycles. The second kappa shape index (κ2) is 6.50. The second-order valence-corrected chi connectivity index (χ2v) is 5.15. The van der Waals surface area contributed by atoms with E-state index in [1.165, 1.54) is 5.56 Å². The first-order valence-corrected chi connectivity index (χ1v) is 6.37. The molecule has 0 saturated carbocycles. The summed E-state index contributed by atoms with van der Waals surface area (Å²) in [5, 5.41) is 9.89. The Bertz CT molecular complexity index is 415. The maximum atomic E-state index is 10.6. The lowest BCUT2D eigenvalue weighted by molar-refractivity contribution is -0.112. The van der Waals surface area contributed by atoms with E-state index < -0.39 is 6.10 Å². The van der Waals surface area contributed by atoms with Crippen LogP contribution in [0.4, 0.5) is 0 Å². The van der Waals surface area contributed by atoms with Crippen LogP contribution in [-0.2, 0) is 4.79 Å². The summed E-state index contributed by atoms with van der Waals surface area (Å²) in [5.74, 6) is 0.154. The van der Waals surface area contributed by atoms with Gasteiger partial charge in [0, 0.05) is 5.92 Å². The number of aldehydes is 1. The van der Waals surface area contributed by atoms with Crippen molar-refractivity contribution in [3.8, 4) is 0 Å². The third-order valence-electron chi connectivity index (χ3n) is 3.18. The van der Waals surface area contributed by atoms with Crippen molar-refractivity contribution < 1.29 is 9.90 Å². The molecule has 0 saturated heterocycles. The van der Waals surface area contributed by atoms with Crippen molar-refractivity contribution in [2.75, 3.05) is 0 Å². The summed E-state index contributed by atoms with van der Waals surface area (Å²) in [6.45, 7) is 7.88. The van der Waals surface area contributed by atoms with Gasteiger partial charge in [-0.2, -0.15) is 0 Å². The van der Waals surface area contributed by atoms with Crippen molar-refractivity contribution in [2.24, 2.45) is 5.92 Å². The van der Waals surface area contributed by atoms with Crippen LogP contribution in [0.3, 0.4) is 0 Å². The van der Waals surface area contributed by atoms with Crippen LogP contribution in [0.1, 0.15) is 44.7 Å². The minimum Gasteiger partial charge on any atom is -0.388 e. The fraction of sp³-hybridized carbons (Fsp3) is 0.438. The molecule has 0 amide bonds. The van der Waals surface area contributed by atoms with Gasteiger partial charge < -0.3 is 9.90 Å². The molecule has 1 rings (SSSR count). The fourth-order valence-electron chi connectivity index (χ4n) is 1.81. The summed E-state index contributed by atoms with van der Waals surface area (Å²) in [7, 11) is 0. The van der Waals surface area contributed by atoms with E-state index in [0.717, 1.165) is 17.4 Å². The Morgan fingerprint density at radius 2 is 1.72 bits per heavy atom. The van der Waals surface area contributed by atoms with Crippen molar-refractivity contribution in [3.63, 3.8) is 0 Å². The first kappa shape index (κ1) is 14.7. The third-order valence-corrected chi connectivity index (χ3v) is 3.18. The van der Waals surface area contributed by atoms with Crippen LogP contribution in [0.15, 0.2) is 29.8 Å². The summed E-state index contributed by atoms with van der Waals surface area (Å²) in [5.41, 5.74) is 3.16. The van der Waals surface area contributed by atoms with Gasteiger partial charge in [0.2, 0.25) is 0 Å². The van der Waals surface area contributed by atoms with Gasteiger partial charge in [0.05, 0.1) is 6.10 Å². The average Bonchev–Trinajstić information content (AvgIpc) is 2.37. The number of aliphatic hydroxyl groups excluding tert-OH is 1. The number of aliphatic hydroxyl groups is 1. The molecule has 0 aliphatic rings. The molecule has 0 aliphatic heterocycles. The van der Waals surface area contributed by atoms with E-state index in [2.05, 4.69) is 26.0 Å². The molecule has 0 aromatic heterocycles. The van der Waals surface area contributed by atoms with Crippen molar-refractivity contribution >= 4 is 12.4 Å². The molecule has 0 aliphatic carbocycles. The molecule has 98 valence electrons. The quantitative estimate of drug-likeness (QED) is 0.808. The van der Waals surface area contributed by atoms with E-state index in [1.54, 1.807) is 6.92 Å². The molecule has 2 heteroatoms. The van der Waals surface area contributed by atoms with Crippen LogP contribution in [0.5, 0.6) is 0 Å². The maximum absolute atomic E-state index is 10.6. The summed E-state index contributed by atoms with van der Waals surface area (Å²) in [6.07, 6.45) is 2.01. The Morgan fingerprint density at radius 3 is 2.17 bits per heavy atom. The minimum absolute atomic E-state index is 0.365. The zero-order valence-electron chi connectivity index (χ0n) is 11.6. The van der Waals surface area contributed by atoms with Gasteiger partial charge in [-0.1, -0.05) is 51.1 Å². The summed E-state index contributed by atoms with van der Waals surface area (Å²) in [6, 6.07) is 8.27. The molecule has 2 nitrogen and oxygen atoms in total. The summed E-state index contributed by atoms with van der Waals surface area (Å²) < 4.78 is 0. The second-order valence-electron chi connectivity index (χ2n) is 5.15. The standard InChI is InChI=1S/C16H22O2/c1-11(2)15-7-5-14(6-8-15)9-12(3)16(18)13(4)10-17/h5-11,13,16,18H,1-4H3/b12-9+. The highest BCUT2D eigenvalue weighted by Gasteiger charge is 2.14. The molecule has 0 spiro atoms. The predicted molar refractivity (Wildman–Crippen MR) is 75.4 cm³/mol. The van der Waals surface area contributed by atoms with E-state index in [0.29, 0.717) is 5.92 Å². The summed E-state index contributed by atoms with van der Waals surface area (Å²) in [4.78, 5) is 10.6. The van der Waals surface area contributed by atoms with Gasteiger partial charge >= 0.3 is 0 Å². The molecular formula is C16H22O2. The van der Waals surface area contributed by atoms with Crippen LogP contribution in [0.2, 0.25) is 0 Å². The number of carbonyl (C=O) groups excluding carboxylic acids is 1. The Hall–Kier alpha value is -1.41. The monoisotopic (exact) mass is 246 g/mol. The van der Waals surface area contributed by atoms with Gasteiger partial charge in [-0.05, 0) is 29.5 Å². The predicted octanol–water partition coefficient (Wildman–Crippen LogP) is 3.41. The van der Waals surface area contributed by atoms with E-state index in [4.69, 9.17) is 0 Å². The van der Waals surface area contributed by atoms with Crippen molar-refractivity contribution in [1.29, 1.82) is 0 Å². The lowest BCUT2D eigenvalue weighted by atomic mass is 9.97. The molecule has 1 aromatic carbocycles. The molecule has 2 unspecified atom stereocenters. The van der Waals surface area contributed by atoms with Crippen LogP contribution in [0, 0.1) is 5.92 Å². The number of hydrogen-bond donors (Lipinski definition) is 1. The highest BCUT2D eigenvalue weighted by Crippen LogP contribution is 2.18. The van der Waals surface area contributed by atoms with Crippen LogP contribution in [-0.4, -0.2) is 17.5 Å². The molecule has 0 radical (unpaired) electrons. The SMILES string of the molecule is C/C(=C\c1ccc(C(C)C)cc1)C(O)C(C)C=O. The van der Waals surface area contributed by atoms with Crippen molar-refractivity contribution in [1.82, 2.24) is 0 Å². The smallest absolute Gasteiger partial charge is 0.125 e.